The molecule has 0 aromatic carbocycles. The van der Waals surface area contributed by atoms with Crippen molar-refractivity contribution in [2.24, 2.45) is 5.73 Å². The van der Waals surface area contributed by atoms with Gasteiger partial charge in [-0.3, -0.25) is 4.90 Å². The highest BCUT2D eigenvalue weighted by Gasteiger charge is 2.32. The fourth-order valence-electron chi connectivity index (χ4n) is 2.22. The van der Waals surface area contributed by atoms with Crippen LogP contribution in [0.15, 0.2) is 12.3 Å². The van der Waals surface area contributed by atoms with Crippen molar-refractivity contribution >= 4 is 5.82 Å². The number of nitrogens with zero attached hydrogens (tertiary/aromatic N) is 3. The first kappa shape index (κ1) is 15.0. The second kappa shape index (κ2) is 5.92. The van der Waals surface area contributed by atoms with Crippen molar-refractivity contribution in [1.82, 2.24) is 9.88 Å². The van der Waals surface area contributed by atoms with Gasteiger partial charge in [0, 0.05) is 44.5 Å². The van der Waals surface area contributed by atoms with Crippen LogP contribution in [-0.4, -0.2) is 48.8 Å². The van der Waals surface area contributed by atoms with Gasteiger partial charge in [-0.05, 0) is 6.07 Å². The summed E-state index contributed by atoms with van der Waals surface area (Å²) in [4.78, 5) is 6.93. The minimum Gasteiger partial charge on any atom is -0.352 e. The molecule has 1 fully saturated rings. The second-order valence-corrected chi connectivity index (χ2v) is 4.69. The molecule has 0 aliphatic carbocycles. The molecule has 1 aromatic rings. The van der Waals surface area contributed by atoms with E-state index >= 15 is 0 Å². The Hall–Kier alpha value is -1.41. The van der Waals surface area contributed by atoms with Crippen LogP contribution in [0, 0.1) is 5.82 Å². The largest absolute Gasteiger partial charge is 0.401 e. The van der Waals surface area contributed by atoms with Gasteiger partial charge in [-0.15, -0.1) is 0 Å². The molecule has 1 saturated heterocycles. The van der Waals surface area contributed by atoms with Gasteiger partial charge in [0.15, 0.2) is 11.6 Å². The summed E-state index contributed by atoms with van der Waals surface area (Å²) in [5, 5.41) is 0. The summed E-state index contributed by atoms with van der Waals surface area (Å²) in [5.74, 6) is -0.320. The van der Waals surface area contributed by atoms with Crippen LogP contribution in [0.3, 0.4) is 0 Å². The highest BCUT2D eigenvalue weighted by Crippen LogP contribution is 2.22. The molecule has 0 radical (unpaired) electrons. The molecule has 20 heavy (non-hydrogen) atoms. The lowest BCUT2D eigenvalue weighted by molar-refractivity contribution is -0.146. The van der Waals surface area contributed by atoms with Crippen LogP contribution in [-0.2, 0) is 6.54 Å². The Balaban J connectivity index is 2.01. The third-order valence-corrected chi connectivity index (χ3v) is 3.25. The monoisotopic (exact) mass is 292 g/mol. The van der Waals surface area contributed by atoms with Crippen molar-refractivity contribution in [2.45, 2.75) is 12.7 Å². The minimum atomic E-state index is -4.20. The molecule has 0 amide bonds. The van der Waals surface area contributed by atoms with Gasteiger partial charge in [-0.25, -0.2) is 9.37 Å². The number of alkyl halides is 3. The van der Waals surface area contributed by atoms with E-state index in [4.69, 9.17) is 5.73 Å². The highest BCUT2D eigenvalue weighted by molar-refractivity contribution is 5.43. The average molecular weight is 292 g/mol. The molecular formula is C12H16F4N4. The standard InChI is InChI=1S/C12H16F4N4/c13-10-9(7-17)1-2-18-11(10)20-5-3-19(4-6-20)8-12(14,15)16/h1-2H,3-8,17H2. The predicted molar refractivity (Wildman–Crippen MR) is 66.8 cm³/mol. The summed E-state index contributed by atoms with van der Waals surface area (Å²) in [6.45, 7) is 0.220. The minimum absolute atomic E-state index is 0.0649. The van der Waals surface area contributed by atoms with Crippen LogP contribution in [0.25, 0.3) is 0 Å². The number of piperazine rings is 1. The SMILES string of the molecule is NCc1ccnc(N2CCN(CC(F)(F)F)CC2)c1F. The molecule has 0 atom stereocenters. The summed E-state index contributed by atoms with van der Waals surface area (Å²) < 4.78 is 50.9. The van der Waals surface area contributed by atoms with Gasteiger partial charge in [-0.1, -0.05) is 0 Å². The lowest BCUT2D eigenvalue weighted by Gasteiger charge is -2.35. The van der Waals surface area contributed by atoms with Crippen LogP contribution in [0.5, 0.6) is 0 Å². The fourth-order valence-corrected chi connectivity index (χ4v) is 2.22. The van der Waals surface area contributed by atoms with Crippen molar-refractivity contribution in [3.8, 4) is 0 Å². The van der Waals surface area contributed by atoms with E-state index in [1.807, 2.05) is 0 Å². The molecule has 1 aliphatic rings. The first-order valence-electron chi connectivity index (χ1n) is 6.28. The maximum atomic E-state index is 14.0. The summed E-state index contributed by atoms with van der Waals surface area (Å²) in [6.07, 6.45) is -2.74. The Bertz CT molecular complexity index is 455. The van der Waals surface area contributed by atoms with Crippen molar-refractivity contribution in [3.05, 3.63) is 23.6 Å². The zero-order chi connectivity index (χ0) is 14.8. The first-order valence-corrected chi connectivity index (χ1v) is 6.28. The molecular weight excluding hydrogens is 276 g/mol. The van der Waals surface area contributed by atoms with Crippen molar-refractivity contribution in [1.29, 1.82) is 0 Å². The maximum absolute atomic E-state index is 14.0. The van der Waals surface area contributed by atoms with Crippen LogP contribution >= 0.6 is 0 Å². The zero-order valence-corrected chi connectivity index (χ0v) is 10.8. The molecule has 112 valence electrons. The van der Waals surface area contributed by atoms with Gasteiger partial charge in [0.25, 0.3) is 0 Å². The molecule has 0 saturated carbocycles. The second-order valence-electron chi connectivity index (χ2n) is 4.69. The van der Waals surface area contributed by atoms with Crippen molar-refractivity contribution in [2.75, 3.05) is 37.6 Å². The van der Waals surface area contributed by atoms with Gasteiger partial charge >= 0.3 is 6.18 Å². The number of hydrogen-bond acceptors (Lipinski definition) is 4. The molecule has 8 heteroatoms. The Labute approximate surface area is 114 Å². The number of anilines is 1. The summed E-state index contributed by atoms with van der Waals surface area (Å²) in [7, 11) is 0. The third kappa shape index (κ3) is 3.57. The van der Waals surface area contributed by atoms with E-state index in [0.717, 1.165) is 0 Å². The van der Waals surface area contributed by atoms with E-state index < -0.39 is 18.5 Å². The fraction of sp³-hybridized carbons (Fsp3) is 0.583. The number of aromatic nitrogens is 1. The molecule has 0 unspecified atom stereocenters. The first-order chi connectivity index (χ1) is 9.40. The van der Waals surface area contributed by atoms with E-state index in [-0.39, 0.29) is 25.5 Å². The van der Waals surface area contributed by atoms with Crippen molar-refractivity contribution in [3.63, 3.8) is 0 Å². The van der Waals surface area contributed by atoms with Crippen LogP contribution < -0.4 is 10.6 Å². The van der Waals surface area contributed by atoms with E-state index in [9.17, 15) is 17.6 Å². The normalized spacial score (nSPS) is 17.6. The van der Waals surface area contributed by atoms with Crippen LogP contribution in [0.2, 0.25) is 0 Å². The van der Waals surface area contributed by atoms with Gasteiger partial charge in [0.1, 0.15) is 0 Å². The number of halogens is 4. The summed E-state index contributed by atoms with van der Waals surface area (Å²) in [6, 6.07) is 1.50. The molecule has 2 rings (SSSR count). The molecule has 1 aromatic heterocycles. The molecule has 0 spiro atoms. The highest BCUT2D eigenvalue weighted by atomic mass is 19.4. The number of nitrogens with two attached hydrogens (primary N) is 1. The van der Waals surface area contributed by atoms with Crippen LogP contribution in [0.4, 0.5) is 23.4 Å². The molecule has 1 aliphatic heterocycles. The Morgan fingerprint density at radius 2 is 1.85 bits per heavy atom. The molecule has 4 nitrogen and oxygen atoms in total. The Morgan fingerprint density at radius 1 is 1.20 bits per heavy atom. The predicted octanol–water partition coefficient (Wildman–Crippen LogP) is 1.36. The lowest BCUT2D eigenvalue weighted by Crippen LogP contribution is -2.49. The number of hydrogen-bond donors (Lipinski definition) is 1. The molecule has 0 bridgehead atoms. The molecule has 2 heterocycles. The number of pyridine rings is 1. The van der Waals surface area contributed by atoms with E-state index in [2.05, 4.69) is 4.98 Å². The number of rotatable bonds is 3. The zero-order valence-electron chi connectivity index (χ0n) is 10.8. The quantitative estimate of drug-likeness (QED) is 0.855. The van der Waals surface area contributed by atoms with E-state index in [1.165, 1.54) is 17.2 Å². The smallest absolute Gasteiger partial charge is 0.352 e. The van der Waals surface area contributed by atoms with E-state index in [1.54, 1.807) is 4.90 Å². The summed E-state index contributed by atoms with van der Waals surface area (Å²) >= 11 is 0. The Morgan fingerprint density at radius 3 is 2.40 bits per heavy atom. The van der Waals surface area contributed by atoms with Gasteiger partial charge in [0.2, 0.25) is 0 Å². The molecule has 2 N–H and O–H groups in total. The Kier molecular flexibility index (Phi) is 4.44. The van der Waals surface area contributed by atoms with Gasteiger partial charge < -0.3 is 10.6 Å². The van der Waals surface area contributed by atoms with Gasteiger partial charge in [0.05, 0.1) is 6.54 Å². The lowest BCUT2D eigenvalue weighted by atomic mass is 10.2. The topological polar surface area (TPSA) is 45.4 Å². The van der Waals surface area contributed by atoms with Gasteiger partial charge in [-0.2, -0.15) is 13.2 Å². The third-order valence-electron chi connectivity index (χ3n) is 3.25. The van der Waals surface area contributed by atoms with Crippen LogP contribution in [0.1, 0.15) is 5.56 Å². The average Bonchev–Trinajstić information content (AvgIpc) is 2.38. The maximum Gasteiger partial charge on any atom is 0.401 e. The van der Waals surface area contributed by atoms with Crippen molar-refractivity contribution < 1.29 is 17.6 Å². The summed E-state index contributed by atoms with van der Waals surface area (Å²) in [5.41, 5.74) is 5.78. The van der Waals surface area contributed by atoms with E-state index in [0.29, 0.717) is 18.7 Å².